The average Bonchev–Trinajstić information content (AvgIpc) is 2.97. The molecule has 0 unspecified atom stereocenters. The number of hydrogen-bond acceptors (Lipinski definition) is 4. The number of carbonyl (C=O) groups is 1. The second-order valence-corrected chi connectivity index (χ2v) is 8.91. The smallest absolute Gasteiger partial charge is 0.237 e. The monoisotopic (exact) mass is 404 g/mol. The van der Waals surface area contributed by atoms with Gasteiger partial charge in [-0.1, -0.05) is 30.3 Å². The number of rotatable bonds is 5. The van der Waals surface area contributed by atoms with Crippen molar-refractivity contribution in [2.24, 2.45) is 0 Å². The Morgan fingerprint density at radius 3 is 2.33 bits per heavy atom. The SMILES string of the molecule is CC(C)(C)N(Cc1ccccc1)C(=O)CN1CCCN(c2ccc(C#N)cc2)CC1. The van der Waals surface area contributed by atoms with Crippen LogP contribution in [0.2, 0.25) is 0 Å². The van der Waals surface area contributed by atoms with Crippen LogP contribution in [0.1, 0.15) is 38.3 Å². The lowest BCUT2D eigenvalue weighted by molar-refractivity contribution is -0.138. The zero-order valence-corrected chi connectivity index (χ0v) is 18.3. The molecule has 1 fully saturated rings. The minimum Gasteiger partial charge on any atom is -0.370 e. The molecule has 30 heavy (non-hydrogen) atoms. The summed E-state index contributed by atoms with van der Waals surface area (Å²) in [5.41, 5.74) is 2.75. The molecule has 3 rings (SSSR count). The quantitative estimate of drug-likeness (QED) is 0.758. The van der Waals surface area contributed by atoms with E-state index in [0.29, 0.717) is 18.7 Å². The molecule has 0 aromatic heterocycles. The van der Waals surface area contributed by atoms with Gasteiger partial charge in [0.2, 0.25) is 5.91 Å². The maximum absolute atomic E-state index is 13.2. The highest BCUT2D eigenvalue weighted by Crippen LogP contribution is 2.20. The van der Waals surface area contributed by atoms with E-state index in [9.17, 15) is 4.79 Å². The van der Waals surface area contributed by atoms with Crippen LogP contribution in [0.25, 0.3) is 0 Å². The third kappa shape index (κ3) is 5.84. The van der Waals surface area contributed by atoms with Crippen molar-refractivity contribution in [1.29, 1.82) is 5.26 Å². The predicted octanol–water partition coefficient (Wildman–Crippen LogP) is 3.90. The topological polar surface area (TPSA) is 50.6 Å². The second-order valence-electron chi connectivity index (χ2n) is 8.91. The predicted molar refractivity (Wildman–Crippen MR) is 121 cm³/mol. The van der Waals surface area contributed by atoms with Gasteiger partial charge >= 0.3 is 0 Å². The van der Waals surface area contributed by atoms with Crippen LogP contribution in [-0.4, -0.2) is 54.0 Å². The van der Waals surface area contributed by atoms with Crippen LogP contribution in [0.4, 0.5) is 5.69 Å². The molecular formula is C25H32N4O. The first-order valence-electron chi connectivity index (χ1n) is 10.7. The molecule has 1 aliphatic heterocycles. The van der Waals surface area contributed by atoms with Gasteiger partial charge in [-0.3, -0.25) is 9.69 Å². The molecule has 1 aliphatic rings. The van der Waals surface area contributed by atoms with E-state index in [4.69, 9.17) is 5.26 Å². The Bertz CT molecular complexity index is 865. The number of nitriles is 1. The molecule has 0 aliphatic carbocycles. The molecule has 5 nitrogen and oxygen atoms in total. The summed E-state index contributed by atoms with van der Waals surface area (Å²) in [5, 5.41) is 8.99. The Kier molecular flexibility index (Phi) is 7.12. The normalized spacial score (nSPS) is 15.3. The Hall–Kier alpha value is -2.84. The average molecular weight is 405 g/mol. The number of anilines is 1. The standard InChI is InChI=1S/C25H32N4O/c1-25(2,3)29(19-22-8-5-4-6-9-22)24(30)20-27-14-7-15-28(17-16-27)23-12-10-21(18-26)11-13-23/h4-6,8-13H,7,14-17,19-20H2,1-3H3. The molecule has 5 heteroatoms. The van der Waals surface area contributed by atoms with E-state index < -0.39 is 0 Å². The van der Waals surface area contributed by atoms with E-state index in [1.54, 1.807) is 0 Å². The van der Waals surface area contributed by atoms with E-state index >= 15 is 0 Å². The van der Waals surface area contributed by atoms with Gasteiger partial charge in [0.15, 0.2) is 0 Å². The van der Waals surface area contributed by atoms with Gasteiger partial charge in [-0.05, 0) is 57.0 Å². The van der Waals surface area contributed by atoms with Crippen LogP contribution in [0, 0.1) is 11.3 Å². The van der Waals surface area contributed by atoms with E-state index in [1.165, 1.54) is 0 Å². The molecule has 1 amide bonds. The fourth-order valence-electron chi connectivity index (χ4n) is 3.88. The number of carbonyl (C=O) groups excluding carboxylic acids is 1. The molecule has 0 bridgehead atoms. The molecule has 158 valence electrons. The third-order valence-electron chi connectivity index (χ3n) is 5.60. The van der Waals surface area contributed by atoms with Crippen molar-refractivity contribution in [3.05, 3.63) is 65.7 Å². The third-order valence-corrected chi connectivity index (χ3v) is 5.60. The highest BCUT2D eigenvalue weighted by atomic mass is 16.2. The highest BCUT2D eigenvalue weighted by Gasteiger charge is 2.28. The molecule has 0 radical (unpaired) electrons. The largest absolute Gasteiger partial charge is 0.370 e. The summed E-state index contributed by atoms with van der Waals surface area (Å²) in [7, 11) is 0. The van der Waals surface area contributed by atoms with Crippen molar-refractivity contribution in [2.45, 2.75) is 39.3 Å². The molecule has 0 atom stereocenters. The molecule has 2 aromatic carbocycles. The van der Waals surface area contributed by atoms with Gasteiger partial charge in [0.25, 0.3) is 0 Å². The first kappa shape index (κ1) is 21.9. The van der Waals surface area contributed by atoms with Gasteiger partial charge in [0.05, 0.1) is 18.2 Å². The number of amides is 1. The van der Waals surface area contributed by atoms with Gasteiger partial charge in [-0.15, -0.1) is 0 Å². The number of hydrogen-bond donors (Lipinski definition) is 0. The highest BCUT2D eigenvalue weighted by molar-refractivity contribution is 5.79. The Labute approximate surface area is 180 Å². The number of benzene rings is 2. The zero-order chi connectivity index (χ0) is 21.6. The maximum atomic E-state index is 13.2. The molecule has 0 spiro atoms. The zero-order valence-electron chi connectivity index (χ0n) is 18.3. The van der Waals surface area contributed by atoms with Crippen LogP contribution in [-0.2, 0) is 11.3 Å². The Balaban J connectivity index is 1.61. The summed E-state index contributed by atoms with van der Waals surface area (Å²) in [6.45, 7) is 11.0. The minimum absolute atomic E-state index is 0.179. The fourth-order valence-corrected chi connectivity index (χ4v) is 3.88. The van der Waals surface area contributed by atoms with Crippen LogP contribution in [0.3, 0.4) is 0 Å². The van der Waals surface area contributed by atoms with Crippen molar-refractivity contribution in [3.63, 3.8) is 0 Å². The van der Waals surface area contributed by atoms with Crippen LogP contribution < -0.4 is 4.90 Å². The van der Waals surface area contributed by atoms with E-state index in [2.05, 4.69) is 48.8 Å². The van der Waals surface area contributed by atoms with Crippen LogP contribution in [0.5, 0.6) is 0 Å². The van der Waals surface area contributed by atoms with Gasteiger partial charge in [-0.25, -0.2) is 0 Å². The summed E-state index contributed by atoms with van der Waals surface area (Å²) >= 11 is 0. The molecule has 1 heterocycles. The minimum atomic E-state index is -0.229. The molecule has 0 N–H and O–H groups in total. The van der Waals surface area contributed by atoms with Crippen molar-refractivity contribution < 1.29 is 4.79 Å². The second kappa shape index (κ2) is 9.77. The lowest BCUT2D eigenvalue weighted by atomic mass is 10.0. The van der Waals surface area contributed by atoms with Gasteiger partial charge in [-0.2, -0.15) is 5.26 Å². The summed E-state index contributed by atoms with van der Waals surface area (Å²) in [6, 6.07) is 20.1. The van der Waals surface area contributed by atoms with Gasteiger partial charge in [0.1, 0.15) is 0 Å². The summed E-state index contributed by atoms with van der Waals surface area (Å²) in [5.74, 6) is 0.179. The van der Waals surface area contributed by atoms with Crippen molar-refractivity contribution in [1.82, 2.24) is 9.80 Å². The number of nitrogens with zero attached hydrogens (tertiary/aromatic N) is 4. The van der Waals surface area contributed by atoms with E-state index in [1.807, 2.05) is 47.4 Å². The first-order valence-corrected chi connectivity index (χ1v) is 10.7. The summed E-state index contributed by atoms with van der Waals surface area (Å²) in [6.07, 6.45) is 1.02. The van der Waals surface area contributed by atoms with Crippen molar-refractivity contribution in [2.75, 3.05) is 37.6 Å². The lowest BCUT2D eigenvalue weighted by Gasteiger charge is -2.37. The lowest BCUT2D eigenvalue weighted by Crippen LogP contribution is -2.49. The van der Waals surface area contributed by atoms with E-state index in [0.717, 1.165) is 43.9 Å². The molecular weight excluding hydrogens is 372 g/mol. The van der Waals surface area contributed by atoms with Crippen molar-refractivity contribution >= 4 is 11.6 Å². The van der Waals surface area contributed by atoms with Crippen LogP contribution in [0.15, 0.2) is 54.6 Å². The molecule has 0 saturated carbocycles. The molecule has 2 aromatic rings. The Morgan fingerprint density at radius 2 is 1.70 bits per heavy atom. The summed E-state index contributed by atoms with van der Waals surface area (Å²) < 4.78 is 0. The van der Waals surface area contributed by atoms with Gasteiger partial charge in [0, 0.05) is 44.0 Å². The van der Waals surface area contributed by atoms with Crippen LogP contribution >= 0.6 is 0 Å². The van der Waals surface area contributed by atoms with E-state index in [-0.39, 0.29) is 11.4 Å². The van der Waals surface area contributed by atoms with Crippen molar-refractivity contribution in [3.8, 4) is 6.07 Å². The maximum Gasteiger partial charge on any atom is 0.237 e. The fraction of sp³-hybridized carbons (Fsp3) is 0.440. The van der Waals surface area contributed by atoms with Gasteiger partial charge < -0.3 is 9.80 Å². The first-order chi connectivity index (χ1) is 14.4. The Morgan fingerprint density at radius 1 is 1.00 bits per heavy atom. The summed E-state index contributed by atoms with van der Waals surface area (Å²) in [4.78, 5) is 19.8. The molecule has 1 saturated heterocycles.